The number of imidazole rings is 2. The van der Waals surface area contributed by atoms with Gasteiger partial charge in [-0.25, -0.2) is 9.97 Å². The second kappa shape index (κ2) is 4.06. The Bertz CT molecular complexity index is 685. The first-order valence-electron chi connectivity index (χ1n) is 5.55. The van der Waals surface area contributed by atoms with E-state index >= 15 is 0 Å². The fourth-order valence-corrected chi connectivity index (χ4v) is 1.98. The molecule has 3 rings (SSSR count). The minimum absolute atomic E-state index is 0.202. The van der Waals surface area contributed by atoms with Crippen molar-refractivity contribution in [1.29, 1.82) is 0 Å². The maximum Gasteiger partial charge on any atom is 0.226 e. The van der Waals surface area contributed by atoms with Crippen LogP contribution in [0.2, 0.25) is 5.28 Å². The van der Waals surface area contributed by atoms with Crippen molar-refractivity contribution in [2.24, 2.45) is 0 Å². The van der Waals surface area contributed by atoms with Gasteiger partial charge in [-0.2, -0.15) is 9.97 Å². The number of hydrogen-bond acceptors (Lipinski definition) is 4. The molecule has 0 fully saturated rings. The molecule has 6 nitrogen and oxygen atoms in total. The van der Waals surface area contributed by atoms with Crippen molar-refractivity contribution in [3.8, 4) is 5.82 Å². The Morgan fingerprint density at radius 3 is 2.72 bits per heavy atom. The summed E-state index contributed by atoms with van der Waals surface area (Å²) >= 11 is 5.98. The van der Waals surface area contributed by atoms with Crippen LogP contribution in [0.4, 0.5) is 0 Å². The van der Waals surface area contributed by atoms with Gasteiger partial charge in [-0.05, 0) is 25.4 Å². The highest BCUT2D eigenvalue weighted by atomic mass is 35.5. The van der Waals surface area contributed by atoms with Gasteiger partial charge in [0, 0.05) is 18.4 Å². The summed E-state index contributed by atoms with van der Waals surface area (Å²) in [4.78, 5) is 16.8. The number of rotatable bonds is 2. The molecule has 3 aromatic rings. The molecule has 0 aliphatic carbocycles. The molecule has 3 heterocycles. The van der Waals surface area contributed by atoms with Crippen LogP contribution in [0, 0.1) is 0 Å². The lowest BCUT2D eigenvalue weighted by Gasteiger charge is -2.08. The highest BCUT2D eigenvalue weighted by Gasteiger charge is 2.14. The average Bonchev–Trinajstić information content (AvgIpc) is 2.96. The van der Waals surface area contributed by atoms with E-state index in [9.17, 15) is 0 Å². The number of nitrogens with zero attached hydrogens (tertiary/aromatic N) is 6. The third-order valence-corrected chi connectivity index (χ3v) is 2.85. The molecule has 0 unspecified atom stereocenters. The first-order chi connectivity index (χ1) is 8.66. The summed E-state index contributed by atoms with van der Waals surface area (Å²) in [6.45, 7) is 4.13. The predicted octanol–water partition coefficient (Wildman–Crippen LogP) is 2.25. The van der Waals surface area contributed by atoms with E-state index in [1.807, 2.05) is 4.57 Å². The topological polar surface area (TPSA) is 61.4 Å². The molecule has 0 aliphatic rings. The van der Waals surface area contributed by atoms with E-state index in [0.717, 1.165) is 5.65 Å². The van der Waals surface area contributed by atoms with Gasteiger partial charge in [-0.15, -0.1) is 0 Å². The summed E-state index contributed by atoms with van der Waals surface area (Å²) in [6.07, 6.45) is 6.89. The maximum absolute atomic E-state index is 5.98. The molecule has 0 saturated heterocycles. The molecule has 0 N–H and O–H groups in total. The van der Waals surface area contributed by atoms with Crippen LogP contribution in [-0.4, -0.2) is 29.1 Å². The Labute approximate surface area is 108 Å². The van der Waals surface area contributed by atoms with Crippen LogP contribution < -0.4 is 0 Å². The molecule has 0 spiro atoms. The van der Waals surface area contributed by atoms with E-state index in [0.29, 0.717) is 11.3 Å². The van der Waals surface area contributed by atoms with Crippen molar-refractivity contribution in [2.75, 3.05) is 0 Å². The minimum Gasteiger partial charge on any atom is -0.313 e. The Hall–Kier alpha value is -1.95. The monoisotopic (exact) mass is 262 g/mol. The zero-order chi connectivity index (χ0) is 12.7. The average molecular weight is 263 g/mol. The highest BCUT2D eigenvalue weighted by molar-refractivity contribution is 6.28. The normalized spacial score (nSPS) is 11.6. The van der Waals surface area contributed by atoms with E-state index in [1.54, 1.807) is 29.6 Å². The van der Waals surface area contributed by atoms with Gasteiger partial charge in [0.1, 0.15) is 6.33 Å². The number of halogens is 1. The Morgan fingerprint density at radius 1 is 1.22 bits per heavy atom. The van der Waals surface area contributed by atoms with Crippen LogP contribution in [0.3, 0.4) is 0 Å². The highest BCUT2D eigenvalue weighted by Crippen LogP contribution is 2.22. The third-order valence-electron chi connectivity index (χ3n) is 2.68. The fourth-order valence-electron chi connectivity index (χ4n) is 1.82. The van der Waals surface area contributed by atoms with Crippen molar-refractivity contribution >= 4 is 22.8 Å². The van der Waals surface area contributed by atoms with Gasteiger partial charge in [0.25, 0.3) is 0 Å². The van der Waals surface area contributed by atoms with Crippen LogP contribution >= 0.6 is 11.6 Å². The molecule has 18 heavy (non-hydrogen) atoms. The summed E-state index contributed by atoms with van der Waals surface area (Å²) < 4.78 is 3.73. The lowest BCUT2D eigenvalue weighted by atomic mass is 10.4. The molecule has 92 valence electrons. The van der Waals surface area contributed by atoms with Gasteiger partial charge in [-0.1, -0.05) is 0 Å². The van der Waals surface area contributed by atoms with Crippen LogP contribution in [0.25, 0.3) is 17.0 Å². The van der Waals surface area contributed by atoms with Crippen molar-refractivity contribution in [3.63, 3.8) is 0 Å². The van der Waals surface area contributed by atoms with E-state index in [2.05, 4.69) is 33.8 Å². The van der Waals surface area contributed by atoms with E-state index in [4.69, 9.17) is 11.6 Å². The molecule has 0 bridgehead atoms. The van der Waals surface area contributed by atoms with Crippen LogP contribution in [0.1, 0.15) is 19.9 Å². The van der Waals surface area contributed by atoms with E-state index in [1.165, 1.54) is 0 Å². The first-order valence-corrected chi connectivity index (χ1v) is 5.93. The van der Waals surface area contributed by atoms with Crippen molar-refractivity contribution in [1.82, 2.24) is 29.1 Å². The predicted molar refractivity (Wildman–Crippen MR) is 67.8 cm³/mol. The van der Waals surface area contributed by atoms with Crippen LogP contribution in [0.15, 0.2) is 25.0 Å². The molecule has 7 heteroatoms. The molecule has 0 aliphatic heterocycles. The summed E-state index contributed by atoms with van der Waals surface area (Å²) in [5.74, 6) is 0.641. The first kappa shape index (κ1) is 11.2. The zero-order valence-corrected chi connectivity index (χ0v) is 10.7. The van der Waals surface area contributed by atoms with Crippen molar-refractivity contribution < 1.29 is 0 Å². The molecule has 0 aromatic carbocycles. The lowest BCUT2D eigenvalue weighted by Crippen LogP contribution is -2.03. The Balaban J connectivity index is 2.33. The summed E-state index contributed by atoms with van der Waals surface area (Å²) in [5, 5.41) is 0.202. The third kappa shape index (κ3) is 1.65. The SMILES string of the molecule is CC(C)n1cnc2c(-n3ccnc3)nc(Cl)nc21. The van der Waals surface area contributed by atoms with Gasteiger partial charge in [0.2, 0.25) is 5.28 Å². The fraction of sp³-hybridized carbons (Fsp3) is 0.273. The number of fused-ring (bicyclic) bond motifs is 1. The molecular weight excluding hydrogens is 252 g/mol. The minimum atomic E-state index is 0.202. The second-order valence-corrected chi connectivity index (χ2v) is 4.54. The molecule has 0 amide bonds. The quantitative estimate of drug-likeness (QED) is 0.665. The molecular formula is C11H11ClN6. The zero-order valence-electron chi connectivity index (χ0n) is 9.95. The summed E-state index contributed by atoms with van der Waals surface area (Å²) in [7, 11) is 0. The molecule has 0 saturated carbocycles. The smallest absolute Gasteiger partial charge is 0.226 e. The summed E-state index contributed by atoms with van der Waals surface area (Å²) in [6, 6.07) is 0.261. The molecule has 3 aromatic heterocycles. The van der Waals surface area contributed by atoms with E-state index in [-0.39, 0.29) is 11.3 Å². The molecule has 0 atom stereocenters. The largest absolute Gasteiger partial charge is 0.313 e. The standard InChI is InChI=1S/C11H11ClN6/c1-7(2)18-6-14-8-9(17-4-3-13-5-17)15-11(12)16-10(8)18/h3-7H,1-2H3. The Kier molecular flexibility index (Phi) is 2.52. The van der Waals surface area contributed by atoms with Crippen molar-refractivity contribution in [3.05, 3.63) is 30.3 Å². The maximum atomic E-state index is 5.98. The van der Waals surface area contributed by atoms with Gasteiger partial charge in [0.15, 0.2) is 17.0 Å². The van der Waals surface area contributed by atoms with Crippen LogP contribution in [0.5, 0.6) is 0 Å². The van der Waals surface area contributed by atoms with E-state index < -0.39 is 0 Å². The second-order valence-electron chi connectivity index (χ2n) is 4.20. The number of hydrogen-bond donors (Lipinski definition) is 0. The number of aromatic nitrogens is 6. The Morgan fingerprint density at radius 2 is 2.06 bits per heavy atom. The van der Waals surface area contributed by atoms with Gasteiger partial charge in [0.05, 0.1) is 6.33 Å². The van der Waals surface area contributed by atoms with Gasteiger partial charge >= 0.3 is 0 Å². The molecule has 0 radical (unpaired) electrons. The van der Waals surface area contributed by atoms with Gasteiger partial charge < -0.3 is 4.57 Å². The van der Waals surface area contributed by atoms with Gasteiger partial charge in [-0.3, -0.25) is 4.57 Å². The van der Waals surface area contributed by atoms with Crippen molar-refractivity contribution in [2.45, 2.75) is 19.9 Å². The summed E-state index contributed by atoms with van der Waals surface area (Å²) in [5.41, 5.74) is 1.44. The van der Waals surface area contributed by atoms with Crippen LogP contribution in [-0.2, 0) is 0 Å². The lowest BCUT2D eigenvalue weighted by molar-refractivity contribution is 0.612.